The number of para-hydroxylation sites is 1. The van der Waals surface area contributed by atoms with Crippen LogP contribution in [0.4, 0.5) is 0 Å². The van der Waals surface area contributed by atoms with Crippen LogP contribution in [-0.4, -0.2) is 54.1 Å². The van der Waals surface area contributed by atoms with Gasteiger partial charge in [0, 0.05) is 25.2 Å². The Morgan fingerprint density at radius 2 is 1.75 bits per heavy atom. The van der Waals surface area contributed by atoms with Crippen molar-refractivity contribution in [1.82, 2.24) is 4.90 Å². The number of aliphatic hydroxyl groups is 2. The molecule has 112 valence electrons. The van der Waals surface area contributed by atoms with Gasteiger partial charge in [-0.05, 0) is 19.9 Å². The Kier molecular flexibility index (Phi) is 7.30. The van der Waals surface area contributed by atoms with Gasteiger partial charge in [-0.25, -0.2) is 0 Å². The molecule has 0 saturated carbocycles. The predicted molar refractivity (Wildman–Crippen MR) is 81.8 cm³/mol. The molecule has 0 spiro atoms. The molecule has 4 heteroatoms. The molecular formula is C16H25NO3. The van der Waals surface area contributed by atoms with Crippen LogP contribution >= 0.6 is 0 Å². The summed E-state index contributed by atoms with van der Waals surface area (Å²) in [5, 5.41) is 18.9. The van der Waals surface area contributed by atoms with Gasteiger partial charge in [0.05, 0.1) is 19.3 Å². The van der Waals surface area contributed by atoms with Crippen LogP contribution in [0.2, 0.25) is 0 Å². The Morgan fingerprint density at radius 1 is 1.15 bits per heavy atom. The van der Waals surface area contributed by atoms with Crippen molar-refractivity contribution in [2.75, 3.05) is 26.7 Å². The molecule has 0 bridgehead atoms. The van der Waals surface area contributed by atoms with E-state index in [1.165, 1.54) is 0 Å². The smallest absolute Gasteiger partial charge is 0.126 e. The molecule has 0 aromatic heterocycles. The van der Waals surface area contributed by atoms with E-state index in [0.717, 1.165) is 11.3 Å². The topological polar surface area (TPSA) is 52.9 Å². The number of rotatable bonds is 8. The molecule has 0 amide bonds. The molecule has 0 aliphatic heterocycles. The summed E-state index contributed by atoms with van der Waals surface area (Å²) in [5.74, 6) is 0.835. The highest BCUT2D eigenvalue weighted by molar-refractivity contribution is 5.57. The zero-order chi connectivity index (χ0) is 15.0. The van der Waals surface area contributed by atoms with E-state index >= 15 is 0 Å². The fraction of sp³-hybridized carbons (Fsp3) is 0.500. The van der Waals surface area contributed by atoms with Crippen LogP contribution in [0.5, 0.6) is 5.75 Å². The van der Waals surface area contributed by atoms with Gasteiger partial charge in [0.25, 0.3) is 0 Å². The molecule has 0 radical (unpaired) electrons. The van der Waals surface area contributed by atoms with E-state index < -0.39 is 12.2 Å². The average molecular weight is 279 g/mol. The Hall–Kier alpha value is -1.36. The molecule has 1 aromatic rings. The maximum Gasteiger partial charge on any atom is 0.126 e. The number of aliphatic hydroxyl groups excluding tert-OH is 2. The first kappa shape index (κ1) is 16.7. The molecule has 2 N–H and O–H groups in total. The van der Waals surface area contributed by atoms with Gasteiger partial charge < -0.3 is 14.9 Å². The Morgan fingerprint density at radius 3 is 2.30 bits per heavy atom. The van der Waals surface area contributed by atoms with E-state index in [4.69, 9.17) is 4.74 Å². The minimum atomic E-state index is -0.409. The van der Waals surface area contributed by atoms with Crippen LogP contribution < -0.4 is 4.74 Å². The normalized spacial score (nSPS) is 14.7. The van der Waals surface area contributed by atoms with Crippen LogP contribution in [0.3, 0.4) is 0 Å². The first-order valence-electron chi connectivity index (χ1n) is 6.91. The third kappa shape index (κ3) is 6.19. The average Bonchev–Trinajstić information content (AvgIpc) is 2.37. The molecule has 1 rings (SSSR count). The van der Waals surface area contributed by atoms with E-state index in [1.807, 2.05) is 41.3 Å². The predicted octanol–water partition coefficient (Wildman–Crippen LogP) is 1.77. The van der Waals surface area contributed by atoms with Gasteiger partial charge >= 0.3 is 0 Å². The lowest BCUT2D eigenvalue weighted by atomic mass is 10.2. The van der Waals surface area contributed by atoms with Crippen LogP contribution in [0, 0.1) is 0 Å². The number of ether oxygens (including phenoxy) is 1. The van der Waals surface area contributed by atoms with Crippen molar-refractivity contribution in [3.05, 3.63) is 35.9 Å². The molecule has 2 unspecified atom stereocenters. The number of benzene rings is 1. The maximum atomic E-state index is 9.47. The van der Waals surface area contributed by atoms with Gasteiger partial charge in [-0.15, -0.1) is 0 Å². The molecule has 0 heterocycles. The summed E-state index contributed by atoms with van der Waals surface area (Å²) >= 11 is 0. The second kappa shape index (κ2) is 8.74. The van der Waals surface area contributed by atoms with Crippen molar-refractivity contribution in [3.63, 3.8) is 0 Å². The standard InChI is InChI=1S/C16H25NO3/c1-13(18)11-17(12-14(2)19)10-6-8-15-7-4-5-9-16(15)20-3/h4-9,13-14,18-19H,10-12H2,1-3H3. The molecule has 0 fully saturated rings. The van der Waals surface area contributed by atoms with Gasteiger partial charge in [0.1, 0.15) is 5.75 Å². The maximum absolute atomic E-state index is 9.47. The van der Waals surface area contributed by atoms with Gasteiger partial charge in [-0.2, -0.15) is 0 Å². The monoisotopic (exact) mass is 279 g/mol. The lowest BCUT2D eigenvalue weighted by Crippen LogP contribution is -2.36. The molecule has 0 aliphatic carbocycles. The highest BCUT2D eigenvalue weighted by Gasteiger charge is 2.09. The Labute approximate surface area is 121 Å². The molecule has 4 nitrogen and oxygen atoms in total. The van der Waals surface area contributed by atoms with Crippen LogP contribution in [0.1, 0.15) is 19.4 Å². The quantitative estimate of drug-likeness (QED) is 0.761. The number of hydrogen-bond donors (Lipinski definition) is 2. The Bertz CT molecular complexity index is 406. The van der Waals surface area contributed by atoms with Gasteiger partial charge in [-0.1, -0.05) is 30.4 Å². The van der Waals surface area contributed by atoms with Crippen molar-refractivity contribution in [1.29, 1.82) is 0 Å². The van der Waals surface area contributed by atoms with Gasteiger partial charge in [-0.3, -0.25) is 4.90 Å². The summed E-state index contributed by atoms with van der Waals surface area (Å²) < 4.78 is 5.29. The van der Waals surface area contributed by atoms with Crippen molar-refractivity contribution >= 4 is 6.08 Å². The second-order valence-electron chi connectivity index (χ2n) is 5.06. The van der Waals surface area contributed by atoms with Crippen molar-refractivity contribution < 1.29 is 14.9 Å². The Balaban J connectivity index is 2.63. The first-order valence-corrected chi connectivity index (χ1v) is 6.91. The van der Waals surface area contributed by atoms with Crippen molar-refractivity contribution in [3.8, 4) is 5.75 Å². The second-order valence-corrected chi connectivity index (χ2v) is 5.06. The SMILES string of the molecule is COc1ccccc1C=CCN(CC(C)O)CC(C)O. The summed E-state index contributed by atoms with van der Waals surface area (Å²) in [7, 11) is 1.65. The summed E-state index contributed by atoms with van der Waals surface area (Å²) in [6.45, 7) is 5.26. The lowest BCUT2D eigenvalue weighted by molar-refractivity contribution is 0.0907. The van der Waals surface area contributed by atoms with Crippen LogP contribution in [0.25, 0.3) is 6.08 Å². The molecule has 0 saturated heterocycles. The summed E-state index contributed by atoms with van der Waals surface area (Å²) in [4.78, 5) is 2.02. The van der Waals surface area contributed by atoms with Crippen molar-refractivity contribution in [2.45, 2.75) is 26.1 Å². The lowest BCUT2D eigenvalue weighted by Gasteiger charge is -2.23. The highest BCUT2D eigenvalue weighted by atomic mass is 16.5. The van der Waals surface area contributed by atoms with E-state index in [0.29, 0.717) is 19.6 Å². The highest BCUT2D eigenvalue weighted by Crippen LogP contribution is 2.18. The van der Waals surface area contributed by atoms with Gasteiger partial charge in [0.2, 0.25) is 0 Å². The van der Waals surface area contributed by atoms with Crippen molar-refractivity contribution in [2.24, 2.45) is 0 Å². The van der Waals surface area contributed by atoms with E-state index in [1.54, 1.807) is 21.0 Å². The fourth-order valence-electron chi connectivity index (χ4n) is 2.10. The minimum absolute atomic E-state index is 0.409. The zero-order valence-electron chi connectivity index (χ0n) is 12.5. The van der Waals surface area contributed by atoms with E-state index in [-0.39, 0.29) is 0 Å². The summed E-state index contributed by atoms with van der Waals surface area (Å²) in [6, 6.07) is 7.81. The minimum Gasteiger partial charge on any atom is -0.496 e. The molecular weight excluding hydrogens is 254 g/mol. The molecule has 20 heavy (non-hydrogen) atoms. The number of methoxy groups -OCH3 is 1. The van der Waals surface area contributed by atoms with Gasteiger partial charge in [0.15, 0.2) is 0 Å². The largest absolute Gasteiger partial charge is 0.496 e. The fourth-order valence-corrected chi connectivity index (χ4v) is 2.10. The number of nitrogens with zero attached hydrogens (tertiary/aromatic N) is 1. The third-order valence-corrected chi connectivity index (χ3v) is 2.84. The summed E-state index contributed by atoms with van der Waals surface area (Å²) in [6.07, 6.45) is 3.19. The first-order chi connectivity index (χ1) is 9.52. The molecule has 0 aliphatic rings. The van der Waals surface area contributed by atoms with E-state index in [9.17, 15) is 10.2 Å². The van der Waals surface area contributed by atoms with Crippen LogP contribution in [-0.2, 0) is 0 Å². The van der Waals surface area contributed by atoms with E-state index in [2.05, 4.69) is 0 Å². The molecule has 2 atom stereocenters. The van der Waals surface area contributed by atoms with Crippen LogP contribution in [0.15, 0.2) is 30.3 Å². The summed E-state index contributed by atoms with van der Waals surface area (Å²) in [5.41, 5.74) is 1.02. The zero-order valence-corrected chi connectivity index (χ0v) is 12.5. The number of hydrogen-bond acceptors (Lipinski definition) is 4. The molecule has 1 aromatic carbocycles. The third-order valence-electron chi connectivity index (χ3n) is 2.84.